The van der Waals surface area contributed by atoms with E-state index >= 15 is 0 Å². The number of carboxylic acid groups (broad SMARTS) is 1. The number of halogens is 3. The maximum Gasteiger partial charge on any atom is 0.374 e. The van der Waals surface area contributed by atoms with E-state index in [1.165, 1.54) is 0 Å². The van der Waals surface area contributed by atoms with E-state index in [1.807, 2.05) is 0 Å². The molecule has 4 nitrogen and oxygen atoms in total. The first kappa shape index (κ1) is 14.1. The maximum atomic E-state index is 12.2. The predicted octanol–water partition coefficient (Wildman–Crippen LogP) is -0.162. The minimum absolute atomic E-state index is 0. The van der Waals surface area contributed by atoms with E-state index in [0.717, 1.165) is 0 Å². The molecule has 1 atom stereocenters. The third-order valence-corrected chi connectivity index (χ3v) is 1.07. The number of aliphatic hydroxyl groups is 1. The minimum atomic E-state index is -3.85. The number of hydrogen-bond acceptors (Lipinski definition) is 3. The van der Waals surface area contributed by atoms with Crippen molar-refractivity contribution in [1.29, 1.82) is 0 Å². The number of hydrogen-bond donors (Lipinski definition) is 3. The van der Waals surface area contributed by atoms with Crippen LogP contribution in [0.15, 0.2) is 0 Å². The van der Waals surface area contributed by atoms with Crippen molar-refractivity contribution < 1.29 is 23.8 Å². The van der Waals surface area contributed by atoms with Crippen molar-refractivity contribution in [2.45, 2.75) is 18.4 Å². The van der Waals surface area contributed by atoms with Gasteiger partial charge in [-0.2, -0.15) is 8.78 Å². The van der Waals surface area contributed by atoms with E-state index in [4.69, 9.17) is 15.9 Å². The third kappa shape index (κ3) is 4.42. The summed E-state index contributed by atoms with van der Waals surface area (Å²) in [4.78, 5) is 9.79. The monoisotopic (exact) mass is 205 g/mol. The minimum Gasteiger partial charge on any atom is -0.477 e. The number of alkyl halides is 2. The number of carbonyl (C=O) groups is 1. The van der Waals surface area contributed by atoms with Crippen molar-refractivity contribution in [3.8, 4) is 0 Å². The molecule has 4 N–H and O–H groups in total. The first-order chi connectivity index (χ1) is 4.90. The Labute approximate surface area is 73.8 Å². The van der Waals surface area contributed by atoms with E-state index in [1.54, 1.807) is 0 Å². The second-order valence-corrected chi connectivity index (χ2v) is 2.16. The van der Waals surface area contributed by atoms with Crippen LogP contribution in [0, 0.1) is 0 Å². The van der Waals surface area contributed by atoms with Crippen molar-refractivity contribution in [3.05, 3.63) is 0 Å². The number of rotatable bonds is 4. The first-order valence-electron chi connectivity index (χ1n) is 2.88. The van der Waals surface area contributed by atoms with Gasteiger partial charge in [0.05, 0.1) is 6.61 Å². The third-order valence-electron chi connectivity index (χ3n) is 1.07. The molecule has 0 radical (unpaired) electrons. The second-order valence-electron chi connectivity index (χ2n) is 2.16. The van der Waals surface area contributed by atoms with Gasteiger partial charge in [-0.25, -0.2) is 4.79 Å². The molecule has 0 fully saturated rings. The molecule has 0 aromatic rings. The van der Waals surface area contributed by atoms with Gasteiger partial charge in [0.15, 0.2) is 0 Å². The lowest BCUT2D eigenvalue weighted by Crippen LogP contribution is -2.38. The molecule has 0 aliphatic rings. The Morgan fingerprint density at radius 1 is 1.58 bits per heavy atom. The Morgan fingerprint density at radius 2 is 2.00 bits per heavy atom. The highest BCUT2D eigenvalue weighted by atomic mass is 35.5. The van der Waals surface area contributed by atoms with Crippen molar-refractivity contribution >= 4 is 18.4 Å². The van der Waals surface area contributed by atoms with Gasteiger partial charge in [0.25, 0.3) is 0 Å². The fourth-order valence-electron chi connectivity index (χ4n) is 0.481. The summed E-state index contributed by atoms with van der Waals surface area (Å²) < 4.78 is 24.4. The van der Waals surface area contributed by atoms with Crippen molar-refractivity contribution in [3.63, 3.8) is 0 Å². The van der Waals surface area contributed by atoms with E-state index in [9.17, 15) is 13.6 Å². The molecule has 0 bridgehead atoms. The van der Waals surface area contributed by atoms with Gasteiger partial charge in [0, 0.05) is 12.5 Å². The Bertz CT molecular complexity index is 156. The van der Waals surface area contributed by atoms with Gasteiger partial charge in [-0.3, -0.25) is 0 Å². The Morgan fingerprint density at radius 3 is 2.25 bits per heavy atom. The molecule has 12 heavy (non-hydrogen) atoms. The SMILES string of the molecule is Cl.N[C@@H](CO)CC(F)(F)C(=O)O. The molecule has 0 unspecified atom stereocenters. The fraction of sp³-hybridized carbons (Fsp3) is 0.800. The van der Waals surface area contributed by atoms with Crippen LogP contribution in [0.4, 0.5) is 8.78 Å². The lowest BCUT2D eigenvalue weighted by molar-refractivity contribution is -0.166. The van der Waals surface area contributed by atoms with Crippen LogP contribution < -0.4 is 5.73 Å². The van der Waals surface area contributed by atoms with Crippen LogP contribution in [0.1, 0.15) is 6.42 Å². The highest BCUT2D eigenvalue weighted by Gasteiger charge is 2.40. The van der Waals surface area contributed by atoms with E-state index in [0.29, 0.717) is 0 Å². The summed E-state index contributed by atoms with van der Waals surface area (Å²) in [6.45, 7) is -0.650. The summed E-state index contributed by atoms with van der Waals surface area (Å²) in [6.07, 6.45) is -1.04. The van der Waals surface area contributed by atoms with E-state index < -0.39 is 31.0 Å². The van der Waals surface area contributed by atoms with Crippen LogP contribution in [0.25, 0.3) is 0 Å². The standard InChI is InChI=1S/C5H9F2NO3.ClH/c6-5(7,4(10)11)1-3(8)2-9;/h3,9H,1-2,8H2,(H,10,11);1H/t3-;/m1./s1. The molecule has 0 amide bonds. The first-order valence-corrected chi connectivity index (χ1v) is 2.88. The highest BCUT2D eigenvalue weighted by molar-refractivity contribution is 5.85. The molecule has 0 aromatic carbocycles. The molecule has 0 saturated heterocycles. The summed E-state index contributed by atoms with van der Waals surface area (Å²) in [5.74, 6) is -6.07. The lowest BCUT2D eigenvalue weighted by Gasteiger charge is -2.14. The van der Waals surface area contributed by atoms with Crippen LogP contribution in [0.2, 0.25) is 0 Å². The van der Waals surface area contributed by atoms with Gasteiger partial charge < -0.3 is 15.9 Å². The van der Waals surface area contributed by atoms with Crippen molar-refractivity contribution in [2.24, 2.45) is 5.73 Å². The molecule has 0 aliphatic carbocycles. The van der Waals surface area contributed by atoms with Crippen LogP contribution in [0.3, 0.4) is 0 Å². The number of aliphatic hydroxyl groups excluding tert-OH is 1. The molecule has 7 heteroatoms. The van der Waals surface area contributed by atoms with Crippen molar-refractivity contribution in [2.75, 3.05) is 6.61 Å². The summed E-state index contributed by atoms with van der Waals surface area (Å²) in [6, 6.07) is -1.19. The number of aliphatic carboxylic acids is 1. The summed E-state index contributed by atoms with van der Waals surface area (Å²) in [7, 11) is 0. The molecule has 74 valence electrons. The van der Waals surface area contributed by atoms with E-state index in [2.05, 4.69) is 0 Å². The lowest BCUT2D eigenvalue weighted by atomic mass is 10.1. The Balaban J connectivity index is 0. The van der Waals surface area contributed by atoms with Crippen LogP contribution >= 0.6 is 12.4 Å². The molecule has 0 aliphatic heterocycles. The van der Waals surface area contributed by atoms with Gasteiger partial charge in [-0.1, -0.05) is 0 Å². The summed E-state index contributed by atoms with van der Waals surface area (Å²) in [5.41, 5.74) is 4.90. The topological polar surface area (TPSA) is 83.5 Å². The zero-order chi connectivity index (χ0) is 9.07. The second kappa shape index (κ2) is 5.23. The van der Waals surface area contributed by atoms with Crippen LogP contribution in [-0.4, -0.2) is 34.8 Å². The fourth-order valence-corrected chi connectivity index (χ4v) is 0.481. The van der Waals surface area contributed by atoms with Gasteiger partial charge in [0.2, 0.25) is 0 Å². The molecule has 0 aromatic heterocycles. The number of nitrogens with two attached hydrogens (primary N) is 1. The summed E-state index contributed by atoms with van der Waals surface area (Å²) in [5, 5.41) is 16.1. The molecule has 0 saturated carbocycles. The smallest absolute Gasteiger partial charge is 0.374 e. The van der Waals surface area contributed by atoms with Crippen LogP contribution in [0.5, 0.6) is 0 Å². The molecular weight excluding hydrogens is 196 g/mol. The quantitative estimate of drug-likeness (QED) is 0.596. The zero-order valence-electron chi connectivity index (χ0n) is 6.04. The van der Waals surface area contributed by atoms with Gasteiger partial charge in [-0.15, -0.1) is 12.4 Å². The molecule has 0 rings (SSSR count). The van der Waals surface area contributed by atoms with Gasteiger partial charge in [0.1, 0.15) is 0 Å². The largest absolute Gasteiger partial charge is 0.477 e. The van der Waals surface area contributed by atoms with E-state index in [-0.39, 0.29) is 12.4 Å². The average Bonchev–Trinajstić information content (AvgIpc) is 1.86. The molecular formula is C5H10ClF2NO3. The molecule has 0 heterocycles. The Hall–Kier alpha value is -0.460. The Kier molecular flexibility index (Phi) is 6.14. The van der Waals surface area contributed by atoms with Gasteiger partial charge >= 0.3 is 11.9 Å². The zero-order valence-corrected chi connectivity index (χ0v) is 6.85. The van der Waals surface area contributed by atoms with Crippen molar-refractivity contribution in [1.82, 2.24) is 0 Å². The number of carboxylic acids is 1. The highest BCUT2D eigenvalue weighted by Crippen LogP contribution is 2.19. The van der Waals surface area contributed by atoms with Crippen LogP contribution in [-0.2, 0) is 4.79 Å². The van der Waals surface area contributed by atoms with Gasteiger partial charge in [-0.05, 0) is 0 Å². The normalized spacial score (nSPS) is 13.3. The average molecular weight is 206 g/mol. The summed E-state index contributed by atoms with van der Waals surface area (Å²) >= 11 is 0. The predicted molar refractivity (Wildman–Crippen MR) is 39.5 cm³/mol. The maximum absolute atomic E-state index is 12.2. The molecule has 0 spiro atoms.